The second-order valence-corrected chi connectivity index (χ2v) is 4.18. The number of carbonyl (C=O) groups is 1. The minimum absolute atomic E-state index is 0.0354. The lowest BCUT2D eigenvalue weighted by Gasteiger charge is -2.31. The van der Waals surface area contributed by atoms with Gasteiger partial charge >= 0.3 is 0 Å². The normalized spacial score (nSPS) is 14.4. The number of hydrogen-bond donors (Lipinski definition) is 0. The molecule has 1 unspecified atom stereocenters. The van der Waals surface area contributed by atoms with Crippen LogP contribution < -0.4 is 0 Å². The van der Waals surface area contributed by atoms with Crippen molar-refractivity contribution in [3.63, 3.8) is 0 Å². The number of Topliss-reactive ketones (excluding diaryl/α,β-unsaturated/α-hetero) is 1. The Kier molecular flexibility index (Phi) is 5.09. The highest BCUT2D eigenvalue weighted by atomic mass is 35.5. The average molecular weight is 259 g/mol. The molecule has 94 valence electrons. The number of halogens is 2. The molecule has 0 aliphatic carbocycles. The van der Waals surface area contributed by atoms with Crippen LogP contribution in [0.3, 0.4) is 0 Å². The number of carbonyl (C=O) groups excluding carboxylic acids is 1. The van der Waals surface area contributed by atoms with Crippen LogP contribution in [0.25, 0.3) is 0 Å². The molecule has 0 aromatic heterocycles. The summed E-state index contributed by atoms with van der Waals surface area (Å²) < 4.78 is 18.4. The van der Waals surface area contributed by atoms with Gasteiger partial charge < -0.3 is 4.74 Å². The molecule has 0 saturated heterocycles. The van der Waals surface area contributed by atoms with E-state index >= 15 is 0 Å². The minimum atomic E-state index is -0.709. The predicted octanol–water partition coefficient (Wildman–Crippen LogP) is 3.28. The topological polar surface area (TPSA) is 26.3 Å². The number of hydrogen-bond acceptors (Lipinski definition) is 2. The molecule has 0 saturated carbocycles. The fourth-order valence-corrected chi connectivity index (χ4v) is 1.98. The zero-order valence-corrected chi connectivity index (χ0v) is 10.8. The van der Waals surface area contributed by atoms with Crippen molar-refractivity contribution >= 4 is 17.4 Å². The van der Waals surface area contributed by atoms with Gasteiger partial charge in [0, 0.05) is 13.5 Å². The highest BCUT2D eigenvalue weighted by Crippen LogP contribution is 2.33. The van der Waals surface area contributed by atoms with Gasteiger partial charge in [0.2, 0.25) is 0 Å². The molecule has 0 N–H and O–H groups in total. The first-order chi connectivity index (χ1) is 8.07. The number of methoxy groups -OCH3 is 1. The van der Waals surface area contributed by atoms with E-state index in [0.717, 1.165) is 5.56 Å². The summed E-state index contributed by atoms with van der Waals surface area (Å²) in [6.45, 7) is 1.92. The summed E-state index contributed by atoms with van der Waals surface area (Å²) in [6.07, 6.45) is 0.826. The first-order valence-electron chi connectivity index (χ1n) is 5.47. The molecule has 4 heteroatoms. The first-order valence-corrected chi connectivity index (χ1v) is 6.00. The maximum atomic E-state index is 12.9. The molecule has 0 heterocycles. The Bertz CT molecular complexity index is 372. The summed E-state index contributed by atoms with van der Waals surface area (Å²) in [5, 5.41) is 0. The summed E-state index contributed by atoms with van der Waals surface area (Å²) in [7, 11) is 1.55. The van der Waals surface area contributed by atoms with Crippen molar-refractivity contribution in [1.29, 1.82) is 0 Å². The van der Waals surface area contributed by atoms with Gasteiger partial charge in [-0.1, -0.05) is 19.1 Å². The molecule has 1 atom stereocenters. The molecule has 0 aliphatic rings. The first kappa shape index (κ1) is 14.1. The number of benzene rings is 1. The van der Waals surface area contributed by atoms with Crippen LogP contribution in [-0.4, -0.2) is 18.8 Å². The molecule has 0 aliphatic heterocycles. The van der Waals surface area contributed by atoms with Crippen LogP contribution >= 0.6 is 11.6 Å². The van der Waals surface area contributed by atoms with Crippen molar-refractivity contribution in [3.05, 3.63) is 35.6 Å². The van der Waals surface area contributed by atoms with E-state index < -0.39 is 5.60 Å². The fraction of sp³-hybridized carbons (Fsp3) is 0.462. The Hall–Kier alpha value is -0.930. The van der Waals surface area contributed by atoms with Gasteiger partial charge in [0.1, 0.15) is 5.82 Å². The molecule has 1 aromatic carbocycles. The van der Waals surface area contributed by atoms with E-state index in [1.165, 1.54) is 12.1 Å². The Labute approximate surface area is 106 Å². The van der Waals surface area contributed by atoms with Crippen molar-refractivity contribution in [2.24, 2.45) is 0 Å². The van der Waals surface area contributed by atoms with Crippen LogP contribution in [0.2, 0.25) is 0 Å². The van der Waals surface area contributed by atoms with E-state index in [0.29, 0.717) is 6.42 Å². The van der Waals surface area contributed by atoms with Crippen LogP contribution in [0.1, 0.15) is 25.3 Å². The average Bonchev–Trinajstić information content (AvgIpc) is 2.37. The third kappa shape index (κ3) is 3.27. The van der Waals surface area contributed by atoms with Crippen LogP contribution in [0.15, 0.2) is 24.3 Å². The number of ether oxygens (including phenoxy) is 1. The molecular weight excluding hydrogens is 243 g/mol. The molecule has 0 bridgehead atoms. The second-order valence-electron chi connectivity index (χ2n) is 3.91. The predicted molar refractivity (Wildman–Crippen MR) is 65.7 cm³/mol. The van der Waals surface area contributed by atoms with Crippen molar-refractivity contribution in [3.8, 4) is 0 Å². The smallest absolute Gasteiger partial charge is 0.150 e. The maximum Gasteiger partial charge on any atom is 0.150 e. The summed E-state index contributed by atoms with van der Waals surface area (Å²) in [6, 6.07) is 6.02. The van der Waals surface area contributed by atoms with Crippen LogP contribution in [-0.2, 0) is 15.1 Å². The van der Waals surface area contributed by atoms with Crippen molar-refractivity contribution < 1.29 is 13.9 Å². The highest BCUT2D eigenvalue weighted by Gasteiger charge is 2.32. The van der Waals surface area contributed by atoms with E-state index in [-0.39, 0.29) is 23.9 Å². The van der Waals surface area contributed by atoms with Crippen LogP contribution in [0.5, 0.6) is 0 Å². The molecule has 1 rings (SSSR count). The van der Waals surface area contributed by atoms with E-state index in [1.807, 2.05) is 6.92 Å². The van der Waals surface area contributed by atoms with Gasteiger partial charge in [0.05, 0.1) is 11.5 Å². The third-order valence-corrected chi connectivity index (χ3v) is 3.26. The largest absolute Gasteiger partial charge is 0.373 e. The quantitative estimate of drug-likeness (QED) is 0.732. The lowest BCUT2D eigenvalue weighted by Crippen LogP contribution is -2.31. The summed E-state index contributed by atoms with van der Waals surface area (Å²) in [5.41, 5.74) is 0.0852. The van der Waals surface area contributed by atoms with E-state index in [4.69, 9.17) is 16.3 Å². The molecule has 17 heavy (non-hydrogen) atoms. The highest BCUT2D eigenvalue weighted by molar-refractivity contribution is 6.27. The van der Waals surface area contributed by atoms with Gasteiger partial charge in [-0.2, -0.15) is 0 Å². The maximum absolute atomic E-state index is 12.9. The van der Waals surface area contributed by atoms with Gasteiger partial charge in [-0.25, -0.2) is 4.39 Å². The standard InChI is InChI=1S/C13H16ClFO2/c1-3-13(17-2,8-12(16)9-14)10-4-6-11(15)7-5-10/h4-7H,3,8-9H2,1-2H3. The molecule has 2 nitrogen and oxygen atoms in total. The van der Waals surface area contributed by atoms with E-state index in [1.54, 1.807) is 19.2 Å². The summed E-state index contributed by atoms with van der Waals surface area (Å²) in [5.74, 6) is -0.426. The lowest BCUT2D eigenvalue weighted by atomic mass is 9.86. The van der Waals surface area contributed by atoms with Crippen molar-refractivity contribution in [2.45, 2.75) is 25.4 Å². The fourth-order valence-electron chi connectivity index (χ4n) is 1.88. The Morgan fingerprint density at radius 1 is 1.41 bits per heavy atom. The van der Waals surface area contributed by atoms with Crippen molar-refractivity contribution in [2.75, 3.05) is 13.0 Å². The number of rotatable bonds is 6. The Morgan fingerprint density at radius 3 is 2.41 bits per heavy atom. The van der Waals surface area contributed by atoms with Gasteiger partial charge in [-0.15, -0.1) is 11.6 Å². The Morgan fingerprint density at radius 2 is 2.00 bits per heavy atom. The molecule has 1 aromatic rings. The van der Waals surface area contributed by atoms with Crippen LogP contribution in [0.4, 0.5) is 4.39 Å². The monoisotopic (exact) mass is 258 g/mol. The van der Waals surface area contributed by atoms with E-state index in [9.17, 15) is 9.18 Å². The zero-order chi connectivity index (χ0) is 12.9. The lowest BCUT2D eigenvalue weighted by molar-refractivity contribution is -0.124. The summed E-state index contributed by atoms with van der Waals surface area (Å²) in [4.78, 5) is 11.5. The molecule has 0 amide bonds. The molecule has 0 radical (unpaired) electrons. The van der Waals surface area contributed by atoms with Gasteiger partial charge in [0.25, 0.3) is 0 Å². The minimum Gasteiger partial charge on any atom is -0.373 e. The SMILES string of the molecule is CCC(CC(=O)CCl)(OC)c1ccc(F)cc1. The Balaban J connectivity index is 3.05. The molecule has 0 fully saturated rings. The van der Waals surface area contributed by atoms with E-state index in [2.05, 4.69) is 0 Å². The second kappa shape index (κ2) is 6.12. The molecular formula is C13H16ClFO2. The van der Waals surface area contributed by atoms with Gasteiger partial charge in [-0.3, -0.25) is 4.79 Å². The van der Waals surface area contributed by atoms with Crippen LogP contribution in [0, 0.1) is 5.82 Å². The summed E-state index contributed by atoms with van der Waals surface area (Å²) >= 11 is 5.52. The number of ketones is 1. The van der Waals surface area contributed by atoms with Gasteiger partial charge in [0.15, 0.2) is 5.78 Å². The number of alkyl halides is 1. The molecule has 0 spiro atoms. The van der Waals surface area contributed by atoms with Crippen molar-refractivity contribution in [1.82, 2.24) is 0 Å². The zero-order valence-electron chi connectivity index (χ0n) is 10.0. The third-order valence-electron chi connectivity index (χ3n) is 2.96. The van der Waals surface area contributed by atoms with Gasteiger partial charge in [-0.05, 0) is 24.1 Å².